The summed E-state index contributed by atoms with van der Waals surface area (Å²) in [7, 11) is 0. The monoisotopic (exact) mass is 299 g/mol. The Labute approximate surface area is 132 Å². The van der Waals surface area contributed by atoms with Crippen LogP contribution in [0.3, 0.4) is 0 Å². The normalized spacial score (nSPS) is 23.8. The van der Waals surface area contributed by atoms with E-state index in [1.165, 1.54) is 5.56 Å². The SMILES string of the molecule is CCC1(C)CC(NCCCn2ccnc2)c2ccccc2O1. The largest absolute Gasteiger partial charge is 0.487 e. The number of aryl methyl sites for hydroxylation is 1. The summed E-state index contributed by atoms with van der Waals surface area (Å²) >= 11 is 0. The lowest BCUT2D eigenvalue weighted by atomic mass is 9.86. The maximum atomic E-state index is 6.21. The molecule has 0 amide bonds. The number of rotatable bonds is 6. The zero-order valence-corrected chi connectivity index (χ0v) is 13.5. The average molecular weight is 299 g/mol. The molecule has 2 heterocycles. The van der Waals surface area contributed by atoms with Crippen LogP contribution in [0.4, 0.5) is 0 Å². The van der Waals surface area contributed by atoms with Gasteiger partial charge < -0.3 is 14.6 Å². The molecule has 0 radical (unpaired) electrons. The number of fused-ring (bicyclic) bond motifs is 1. The molecule has 0 saturated carbocycles. The number of para-hydroxylation sites is 1. The van der Waals surface area contributed by atoms with E-state index >= 15 is 0 Å². The van der Waals surface area contributed by atoms with Gasteiger partial charge in [0.1, 0.15) is 11.4 Å². The predicted molar refractivity (Wildman–Crippen MR) is 88.0 cm³/mol. The van der Waals surface area contributed by atoms with Crippen molar-refractivity contribution in [1.29, 1.82) is 0 Å². The molecule has 1 aliphatic heterocycles. The van der Waals surface area contributed by atoms with Crippen LogP contribution in [0, 0.1) is 0 Å². The fraction of sp³-hybridized carbons (Fsp3) is 0.500. The smallest absolute Gasteiger partial charge is 0.124 e. The minimum Gasteiger partial charge on any atom is -0.487 e. The van der Waals surface area contributed by atoms with E-state index in [-0.39, 0.29) is 5.60 Å². The van der Waals surface area contributed by atoms with E-state index < -0.39 is 0 Å². The highest BCUT2D eigenvalue weighted by Gasteiger charge is 2.35. The number of ether oxygens (including phenoxy) is 1. The average Bonchev–Trinajstić information content (AvgIpc) is 3.04. The topological polar surface area (TPSA) is 39.1 Å². The highest BCUT2D eigenvalue weighted by molar-refractivity contribution is 5.38. The Kier molecular flexibility index (Phi) is 4.48. The molecular weight excluding hydrogens is 274 g/mol. The van der Waals surface area contributed by atoms with Gasteiger partial charge in [0.25, 0.3) is 0 Å². The van der Waals surface area contributed by atoms with E-state index in [0.717, 1.165) is 38.1 Å². The number of nitrogens with one attached hydrogen (secondary N) is 1. The van der Waals surface area contributed by atoms with E-state index in [0.29, 0.717) is 6.04 Å². The molecule has 0 fully saturated rings. The third kappa shape index (κ3) is 3.33. The zero-order valence-electron chi connectivity index (χ0n) is 13.5. The molecule has 3 rings (SSSR count). The molecule has 0 saturated heterocycles. The fourth-order valence-corrected chi connectivity index (χ4v) is 3.07. The first-order valence-electron chi connectivity index (χ1n) is 8.17. The second kappa shape index (κ2) is 6.53. The first-order valence-corrected chi connectivity index (χ1v) is 8.17. The third-order valence-corrected chi connectivity index (χ3v) is 4.58. The first-order chi connectivity index (χ1) is 10.7. The zero-order chi connectivity index (χ0) is 15.4. The summed E-state index contributed by atoms with van der Waals surface area (Å²) in [5, 5.41) is 3.72. The molecule has 1 aromatic carbocycles. The Morgan fingerprint density at radius 2 is 2.27 bits per heavy atom. The second-order valence-electron chi connectivity index (χ2n) is 6.31. The van der Waals surface area contributed by atoms with Crippen molar-refractivity contribution < 1.29 is 4.74 Å². The number of imidazole rings is 1. The van der Waals surface area contributed by atoms with Gasteiger partial charge in [-0.3, -0.25) is 0 Å². The molecule has 2 unspecified atom stereocenters. The quantitative estimate of drug-likeness (QED) is 0.829. The van der Waals surface area contributed by atoms with E-state index in [1.807, 2.05) is 18.7 Å². The van der Waals surface area contributed by atoms with E-state index in [1.54, 1.807) is 0 Å². The van der Waals surface area contributed by atoms with Gasteiger partial charge in [0, 0.05) is 37.0 Å². The molecule has 1 aliphatic rings. The van der Waals surface area contributed by atoms with Crippen LogP contribution in [0.5, 0.6) is 5.75 Å². The highest BCUT2D eigenvalue weighted by atomic mass is 16.5. The van der Waals surface area contributed by atoms with Crippen LogP contribution >= 0.6 is 0 Å². The van der Waals surface area contributed by atoms with Gasteiger partial charge in [-0.05, 0) is 32.4 Å². The summed E-state index contributed by atoms with van der Waals surface area (Å²) < 4.78 is 8.33. The third-order valence-electron chi connectivity index (χ3n) is 4.58. The van der Waals surface area contributed by atoms with Crippen LogP contribution in [-0.2, 0) is 6.54 Å². The molecule has 1 aromatic heterocycles. The molecule has 4 nitrogen and oxygen atoms in total. The van der Waals surface area contributed by atoms with Gasteiger partial charge in [0.2, 0.25) is 0 Å². The number of hydrogen-bond acceptors (Lipinski definition) is 3. The van der Waals surface area contributed by atoms with E-state index in [4.69, 9.17) is 4.74 Å². The van der Waals surface area contributed by atoms with Gasteiger partial charge in [-0.1, -0.05) is 25.1 Å². The molecule has 0 spiro atoms. The van der Waals surface area contributed by atoms with Gasteiger partial charge in [-0.25, -0.2) is 4.98 Å². The lowest BCUT2D eigenvalue weighted by Gasteiger charge is -2.40. The van der Waals surface area contributed by atoms with Gasteiger partial charge in [-0.2, -0.15) is 0 Å². The Bertz CT molecular complexity index is 596. The van der Waals surface area contributed by atoms with Gasteiger partial charge in [0.15, 0.2) is 0 Å². The summed E-state index contributed by atoms with van der Waals surface area (Å²) in [5.41, 5.74) is 1.21. The van der Waals surface area contributed by atoms with Crippen molar-refractivity contribution in [2.45, 2.75) is 51.3 Å². The fourth-order valence-electron chi connectivity index (χ4n) is 3.07. The predicted octanol–water partition coefficient (Wildman–Crippen LogP) is 3.56. The van der Waals surface area contributed by atoms with Gasteiger partial charge >= 0.3 is 0 Å². The minimum atomic E-state index is -0.0730. The maximum Gasteiger partial charge on any atom is 0.124 e. The summed E-state index contributed by atoms with van der Waals surface area (Å²) in [6.07, 6.45) is 8.85. The van der Waals surface area contributed by atoms with Crippen LogP contribution in [0.1, 0.15) is 44.7 Å². The minimum absolute atomic E-state index is 0.0730. The van der Waals surface area contributed by atoms with Crippen molar-refractivity contribution in [1.82, 2.24) is 14.9 Å². The van der Waals surface area contributed by atoms with Crippen LogP contribution in [0.25, 0.3) is 0 Å². The van der Waals surface area contributed by atoms with Crippen LogP contribution in [0.15, 0.2) is 43.0 Å². The second-order valence-corrected chi connectivity index (χ2v) is 6.31. The lowest BCUT2D eigenvalue weighted by molar-refractivity contribution is 0.0442. The van der Waals surface area contributed by atoms with Gasteiger partial charge in [-0.15, -0.1) is 0 Å². The lowest BCUT2D eigenvalue weighted by Crippen LogP contribution is -2.41. The van der Waals surface area contributed by atoms with Crippen molar-refractivity contribution in [3.63, 3.8) is 0 Å². The van der Waals surface area contributed by atoms with Crippen LogP contribution in [-0.4, -0.2) is 21.7 Å². The summed E-state index contributed by atoms with van der Waals surface area (Å²) in [6.45, 7) is 6.41. The Morgan fingerprint density at radius 3 is 3.05 bits per heavy atom. The molecule has 2 atom stereocenters. The molecule has 1 N–H and O–H groups in total. The van der Waals surface area contributed by atoms with Crippen molar-refractivity contribution in [3.8, 4) is 5.75 Å². The van der Waals surface area contributed by atoms with E-state index in [2.05, 4.69) is 53.0 Å². The standard InChI is InChI=1S/C18H25N3O/c1-3-18(2)13-16(15-7-4-5-8-17(15)22-18)20-9-6-11-21-12-10-19-14-21/h4-5,7-8,10,12,14,16,20H,3,6,9,11,13H2,1-2H3. The van der Waals surface area contributed by atoms with Crippen molar-refractivity contribution in [2.75, 3.05) is 6.54 Å². The van der Waals surface area contributed by atoms with Gasteiger partial charge in [0.05, 0.1) is 6.33 Å². The van der Waals surface area contributed by atoms with Crippen molar-refractivity contribution in [3.05, 3.63) is 48.5 Å². The Balaban J connectivity index is 1.62. The molecule has 22 heavy (non-hydrogen) atoms. The van der Waals surface area contributed by atoms with Crippen molar-refractivity contribution in [2.24, 2.45) is 0 Å². The van der Waals surface area contributed by atoms with Crippen LogP contribution < -0.4 is 10.1 Å². The number of hydrogen-bond donors (Lipinski definition) is 1. The maximum absolute atomic E-state index is 6.21. The Hall–Kier alpha value is -1.81. The van der Waals surface area contributed by atoms with Crippen LogP contribution in [0.2, 0.25) is 0 Å². The summed E-state index contributed by atoms with van der Waals surface area (Å²) in [5.74, 6) is 1.03. The Morgan fingerprint density at radius 1 is 1.41 bits per heavy atom. The molecule has 118 valence electrons. The molecule has 2 aromatic rings. The summed E-state index contributed by atoms with van der Waals surface area (Å²) in [4.78, 5) is 4.08. The molecular formula is C18H25N3O. The highest BCUT2D eigenvalue weighted by Crippen LogP contribution is 2.40. The van der Waals surface area contributed by atoms with Crippen molar-refractivity contribution >= 4 is 0 Å². The number of aromatic nitrogens is 2. The summed E-state index contributed by atoms with van der Waals surface area (Å²) in [6, 6.07) is 8.78. The number of benzene rings is 1. The number of nitrogens with zero attached hydrogens (tertiary/aromatic N) is 2. The first kappa shape index (κ1) is 15.1. The molecule has 4 heteroatoms. The molecule has 0 bridgehead atoms. The molecule has 0 aliphatic carbocycles. The van der Waals surface area contributed by atoms with E-state index in [9.17, 15) is 0 Å².